The average Bonchev–Trinajstić information content (AvgIpc) is 2.64. The largest absolute Gasteiger partial charge is 0.479 e. The molecular weight excluding hydrogens is 377 g/mol. The van der Waals surface area contributed by atoms with E-state index in [0.29, 0.717) is 23.7 Å². The van der Waals surface area contributed by atoms with Gasteiger partial charge in [-0.05, 0) is 38.1 Å². The molecule has 0 saturated heterocycles. The highest BCUT2D eigenvalue weighted by molar-refractivity contribution is 6.03. The maximum atomic E-state index is 12.9. The Hall–Kier alpha value is -3.10. The van der Waals surface area contributed by atoms with E-state index in [0.717, 1.165) is 10.6 Å². The number of carbonyl (C=O) groups is 2. The summed E-state index contributed by atoms with van der Waals surface area (Å²) in [5.74, 6) is -0.446. The number of alkyl halides is 3. The standard InChI is InChI=1S/C19H17F3N2O4/c1-10(24-9-13(19(20,21)22)5-7-16(24)25)17(26)12-4-6-15-14(8-12)23(3)18(27)11(2)28-15/h4-11H,1-3H3. The summed E-state index contributed by atoms with van der Waals surface area (Å²) >= 11 is 0. The molecule has 2 heterocycles. The third kappa shape index (κ3) is 3.39. The van der Waals surface area contributed by atoms with E-state index in [4.69, 9.17) is 4.74 Å². The van der Waals surface area contributed by atoms with Crippen LogP contribution in [-0.4, -0.2) is 29.4 Å². The van der Waals surface area contributed by atoms with Gasteiger partial charge in [-0.2, -0.15) is 13.2 Å². The Morgan fingerprint density at radius 1 is 1.18 bits per heavy atom. The molecule has 0 spiro atoms. The molecule has 6 nitrogen and oxygen atoms in total. The number of Topliss-reactive ketones (excluding diaryl/α,β-unsaturated/α-hetero) is 1. The first-order valence-corrected chi connectivity index (χ1v) is 8.42. The number of pyridine rings is 1. The second-order valence-electron chi connectivity index (χ2n) is 6.54. The third-order valence-corrected chi connectivity index (χ3v) is 4.65. The first-order chi connectivity index (χ1) is 13.0. The van der Waals surface area contributed by atoms with Crippen LogP contribution < -0.4 is 15.2 Å². The van der Waals surface area contributed by atoms with Gasteiger partial charge in [0, 0.05) is 24.9 Å². The van der Waals surface area contributed by atoms with Gasteiger partial charge in [-0.1, -0.05) is 0 Å². The lowest BCUT2D eigenvalue weighted by molar-refractivity contribution is -0.138. The van der Waals surface area contributed by atoms with E-state index in [9.17, 15) is 27.6 Å². The summed E-state index contributed by atoms with van der Waals surface area (Å²) in [5, 5.41) is 0. The summed E-state index contributed by atoms with van der Waals surface area (Å²) in [7, 11) is 1.54. The van der Waals surface area contributed by atoms with Gasteiger partial charge in [0.2, 0.25) is 0 Å². The zero-order chi connectivity index (χ0) is 20.8. The van der Waals surface area contributed by atoms with Crippen molar-refractivity contribution >= 4 is 17.4 Å². The Labute approximate surface area is 158 Å². The SMILES string of the molecule is CC1Oc2ccc(C(=O)C(C)n3cc(C(F)(F)F)ccc3=O)cc2N(C)C1=O. The zero-order valence-corrected chi connectivity index (χ0v) is 15.3. The Morgan fingerprint density at radius 2 is 1.86 bits per heavy atom. The molecule has 0 aliphatic carbocycles. The summed E-state index contributed by atoms with van der Waals surface area (Å²) in [4.78, 5) is 38.2. The normalized spacial score (nSPS) is 17.7. The smallest absolute Gasteiger partial charge is 0.417 e. The number of likely N-dealkylation sites (N-methyl/N-ethyl adjacent to an activating group) is 1. The summed E-state index contributed by atoms with van der Waals surface area (Å²) in [6.45, 7) is 2.94. The van der Waals surface area contributed by atoms with E-state index in [2.05, 4.69) is 0 Å². The van der Waals surface area contributed by atoms with Crippen molar-refractivity contribution in [3.8, 4) is 5.75 Å². The van der Waals surface area contributed by atoms with Crippen molar-refractivity contribution in [3.63, 3.8) is 0 Å². The van der Waals surface area contributed by atoms with Gasteiger partial charge in [0.25, 0.3) is 11.5 Å². The zero-order valence-electron chi connectivity index (χ0n) is 15.3. The second kappa shape index (κ2) is 6.81. The molecule has 0 N–H and O–H groups in total. The lowest BCUT2D eigenvalue weighted by Crippen LogP contribution is -2.42. The van der Waals surface area contributed by atoms with E-state index in [-0.39, 0.29) is 11.5 Å². The molecule has 28 heavy (non-hydrogen) atoms. The molecule has 1 amide bonds. The summed E-state index contributed by atoms with van der Waals surface area (Å²) in [6, 6.07) is 4.68. The highest BCUT2D eigenvalue weighted by atomic mass is 19.4. The van der Waals surface area contributed by atoms with E-state index < -0.39 is 35.2 Å². The minimum Gasteiger partial charge on any atom is -0.479 e. The van der Waals surface area contributed by atoms with Gasteiger partial charge >= 0.3 is 6.18 Å². The summed E-state index contributed by atoms with van der Waals surface area (Å²) in [6.07, 6.45) is -4.67. The molecule has 0 fully saturated rings. The highest BCUT2D eigenvalue weighted by Gasteiger charge is 2.33. The van der Waals surface area contributed by atoms with Crippen LogP contribution in [0.25, 0.3) is 0 Å². The molecule has 2 unspecified atom stereocenters. The van der Waals surface area contributed by atoms with Crippen molar-refractivity contribution in [1.29, 1.82) is 0 Å². The fourth-order valence-corrected chi connectivity index (χ4v) is 3.01. The predicted molar refractivity (Wildman–Crippen MR) is 94.7 cm³/mol. The van der Waals surface area contributed by atoms with Crippen LogP contribution in [0.3, 0.4) is 0 Å². The molecule has 0 radical (unpaired) electrons. The van der Waals surface area contributed by atoms with Gasteiger partial charge in [0.05, 0.1) is 17.3 Å². The number of hydrogen-bond donors (Lipinski definition) is 0. The van der Waals surface area contributed by atoms with Crippen molar-refractivity contribution in [2.75, 3.05) is 11.9 Å². The number of amides is 1. The molecule has 2 aromatic rings. The Balaban J connectivity index is 1.97. The van der Waals surface area contributed by atoms with Crippen molar-refractivity contribution < 1.29 is 27.5 Å². The second-order valence-corrected chi connectivity index (χ2v) is 6.54. The van der Waals surface area contributed by atoms with Crippen LogP contribution in [0.1, 0.15) is 35.8 Å². The van der Waals surface area contributed by atoms with Gasteiger partial charge in [0.15, 0.2) is 11.9 Å². The van der Waals surface area contributed by atoms with Crippen LogP contribution in [-0.2, 0) is 11.0 Å². The maximum Gasteiger partial charge on any atom is 0.417 e. The average molecular weight is 394 g/mol. The van der Waals surface area contributed by atoms with Gasteiger partial charge in [0.1, 0.15) is 5.75 Å². The highest BCUT2D eigenvalue weighted by Crippen LogP contribution is 2.35. The Morgan fingerprint density at radius 3 is 2.50 bits per heavy atom. The number of ether oxygens (including phenoxy) is 1. The first kappa shape index (κ1) is 19.7. The first-order valence-electron chi connectivity index (χ1n) is 8.42. The number of aromatic nitrogens is 1. The third-order valence-electron chi connectivity index (χ3n) is 4.65. The number of anilines is 1. The molecule has 9 heteroatoms. The Kier molecular flexibility index (Phi) is 4.78. The molecule has 1 aliphatic heterocycles. The van der Waals surface area contributed by atoms with Crippen LogP contribution in [0.2, 0.25) is 0 Å². The number of fused-ring (bicyclic) bond motifs is 1. The number of benzene rings is 1. The molecule has 1 aromatic heterocycles. The molecule has 0 bridgehead atoms. The lowest BCUT2D eigenvalue weighted by Gasteiger charge is -2.30. The number of halogens is 3. The van der Waals surface area contributed by atoms with Crippen molar-refractivity contribution in [2.45, 2.75) is 32.2 Å². The predicted octanol–water partition coefficient (Wildman–Crippen LogP) is 3.05. The molecule has 0 saturated carbocycles. The van der Waals surface area contributed by atoms with Crippen molar-refractivity contribution in [1.82, 2.24) is 4.57 Å². The van der Waals surface area contributed by atoms with Gasteiger partial charge in [-0.25, -0.2) is 0 Å². The molecule has 148 valence electrons. The van der Waals surface area contributed by atoms with Crippen LogP contribution >= 0.6 is 0 Å². The minimum atomic E-state index is -4.64. The number of rotatable bonds is 3. The van der Waals surface area contributed by atoms with Crippen LogP contribution in [0, 0.1) is 0 Å². The Bertz CT molecular complexity index is 1010. The van der Waals surface area contributed by atoms with Gasteiger partial charge < -0.3 is 14.2 Å². The molecular formula is C19H17F3N2O4. The molecule has 3 rings (SSSR count). The monoisotopic (exact) mass is 394 g/mol. The molecule has 2 atom stereocenters. The van der Waals surface area contributed by atoms with Gasteiger partial charge in [-0.15, -0.1) is 0 Å². The fourth-order valence-electron chi connectivity index (χ4n) is 3.01. The minimum absolute atomic E-state index is 0.147. The van der Waals surface area contributed by atoms with Crippen LogP contribution in [0.4, 0.5) is 18.9 Å². The van der Waals surface area contributed by atoms with E-state index in [1.165, 1.54) is 37.1 Å². The van der Waals surface area contributed by atoms with Crippen LogP contribution in [0.5, 0.6) is 5.75 Å². The van der Waals surface area contributed by atoms with Crippen molar-refractivity contribution in [2.24, 2.45) is 0 Å². The van der Waals surface area contributed by atoms with Crippen LogP contribution in [0.15, 0.2) is 41.3 Å². The lowest BCUT2D eigenvalue weighted by atomic mass is 10.0. The number of nitrogens with zero attached hydrogens (tertiary/aromatic N) is 2. The number of ketones is 1. The summed E-state index contributed by atoms with van der Waals surface area (Å²) < 4.78 is 45.0. The van der Waals surface area contributed by atoms with Gasteiger partial charge in [-0.3, -0.25) is 14.4 Å². The number of carbonyl (C=O) groups excluding carboxylic acids is 2. The molecule has 1 aromatic carbocycles. The topological polar surface area (TPSA) is 68.6 Å². The molecule has 1 aliphatic rings. The van der Waals surface area contributed by atoms with E-state index in [1.807, 2.05) is 0 Å². The quantitative estimate of drug-likeness (QED) is 0.751. The van der Waals surface area contributed by atoms with E-state index >= 15 is 0 Å². The van der Waals surface area contributed by atoms with E-state index in [1.54, 1.807) is 6.92 Å². The number of hydrogen-bond acceptors (Lipinski definition) is 4. The maximum absolute atomic E-state index is 12.9. The summed E-state index contributed by atoms with van der Waals surface area (Å²) in [5.41, 5.74) is -1.23. The fraction of sp³-hybridized carbons (Fsp3) is 0.316. The van der Waals surface area contributed by atoms with Crippen molar-refractivity contribution in [3.05, 3.63) is 58.0 Å².